The molecule has 1 aliphatic heterocycles. The maximum atomic E-state index is 8.61. The van der Waals surface area contributed by atoms with Crippen LogP contribution in [-0.4, -0.2) is 6.61 Å². The van der Waals surface area contributed by atoms with Gasteiger partial charge in [0, 0.05) is 5.56 Å². The minimum Gasteiger partial charge on any atom is -0.489 e. The van der Waals surface area contributed by atoms with Gasteiger partial charge in [-0.2, -0.15) is 5.26 Å². The summed E-state index contributed by atoms with van der Waals surface area (Å²) in [4.78, 5) is 0. The highest BCUT2D eigenvalue weighted by Gasteiger charge is 2.11. The standard InChI is InChI=1S/C11H9NO/c12-7-5-9-6-8-13-11-4-2-1-3-10(9)11/h1-4,6H,5,8H2. The van der Waals surface area contributed by atoms with Gasteiger partial charge >= 0.3 is 0 Å². The van der Waals surface area contributed by atoms with Gasteiger partial charge in [0.1, 0.15) is 12.4 Å². The lowest BCUT2D eigenvalue weighted by molar-refractivity contribution is 0.357. The normalized spacial score (nSPS) is 13.6. The first-order valence-corrected chi connectivity index (χ1v) is 4.20. The molecule has 0 saturated carbocycles. The molecule has 1 aromatic carbocycles. The molecule has 0 fully saturated rings. The SMILES string of the molecule is N#CCC1=CCOc2ccccc21. The number of hydrogen-bond donors (Lipinski definition) is 0. The average molecular weight is 171 g/mol. The molecule has 0 radical (unpaired) electrons. The second-order valence-electron chi connectivity index (χ2n) is 2.87. The topological polar surface area (TPSA) is 33.0 Å². The van der Waals surface area contributed by atoms with E-state index in [-0.39, 0.29) is 0 Å². The Hall–Kier alpha value is -1.75. The van der Waals surface area contributed by atoms with Gasteiger partial charge in [0.25, 0.3) is 0 Å². The van der Waals surface area contributed by atoms with Gasteiger partial charge in [-0.25, -0.2) is 0 Å². The molecule has 0 unspecified atom stereocenters. The summed E-state index contributed by atoms with van der Waals surface area (Å²) < 4.78 is 5.41. The number of allylic oxidation sites excluding steroid dienone is 1. The van der Waals surface area contributed by atoms with E-state index in [1.807, 2.05) is 30.3 Å². The zero-order chi connectivity index (χ0) is 9.10. The first kappa shape index (κ1) is 7.88. The van der Waals surface area contributed by atoms with Crippen molar-refractivity contribution in [1.29, 1.82) is 5.26 Å². The van der Waals surface area contributed by atoms with Crippen molar-refractivity contribution < 1.29 is 4.74 Å². The van der Waals surface area contributed by atoms with Gasteiger partial charge in [0.15, 0.2) is 0 Å². The van der Waals surface area contributed by atoms with Crippen LogP contribution in [0.3, 0.4) is 0 Å². The summed E-state index contributed by atoms with van der Waals surface area (Å²) in [5, 5.41) is 8.61. The number of fused-ring (bicyclic) bond motifs is 1. The molecular weight excluding hydrogens is 162 g/mol. The largest absolute Gasteiger partial charge is 0.489 e. The van der Waals surface area contributed by atoms with E-state index < -0.39 is 0 Å². The van der Waals surface area contributed by atoms with Gasteiger partial charge in [0.05, 0.1) is 12.5 Å². The molecule has 1 aliphatic rings. The molecule has 1 aromatic rings. The molecule has 2 rings (SSSR count). The molecule has 0 amide bonds. The third kappa shape index (κ3) is 1.41. The van der Waals surface area contributed by atoms with E-state index in [9.17, 15) is 0 Å². The highest BCUT2D eigenvalue weighted by atomic mass is 16.5. The van der Waals surface area contributed by atoms with Crippen molar-refractivity contribution in [3.05, 3.63) is 35.9 Å². The molecule has 0 aliphatic carbocycles. The number of para-hydroxylation sites is 1. The molecule has 0 spiro atoms. The third-order valence-corrected chi connectivity index (χ3v) is 2.07. The van der Waals surface area contributed by atoms with Crippen molar-refractivity contribution in [3.63, 3.8) is 0 Å². The Morgan fingerprint density at radius 3 is 3.08 bits per heavy atom. The lowest BCUT2D eigenvalue weighted by Crippen LogP contribution is -2.03. The Labute approximate surface area is 77.1 Å². The van der Waals surface area contributed by atoms with Crippen molar-refractivity contribution in [2.45, 2.75) is 6.42 Å². The van der Waals surface area contributed by atoms with Crippen molar-refractivity contribution in [3.8, 4) is 11.8 Å². The predicted octanol–water partition coefficient (Wildman–Crippen LogP) is 2.38. The summed E-state index contributed by atoms with van der Waals surface area (Å²) in [6.45, 7) is 0.577. The van der Waals surface area contributed by atoms with E-state index in [0.717, 1.165) is 16.9 Å². The summed E-state index contributed by atoms with van der Waals surface area (Å²) >= 11 is 0. The Bertz CT molecular complexity index is 387. The Kier molecular flexibility index (Phi) is 2.01. The molecule has 0 bridgehead atoms. The molecular formula is C11H9NO. The summed E-state index contributed by atoms with van der Waals surface area (Å²) in [6.07, 6.45) is 2.42. The Morgan fingerprint density at radius 2 is 2.23 bits per heavy atom. The van der Waals surface area contributed by atoms with E-state index in [1.165, 1.54) is 0 Å². The predicted molar refractivity (Wildman–Crippen MR) is 50.1 cm³/mol. The van der Waals surface area contributed by atoms with Crippen molar-refractivity contribution >= 4 is 5.57 Å². The van der Waals surface area contributed by atoms with E-state index in [4.69, 9.17) is 10.00 Å². The van der Waals surface area contributed by atoms with Crippen LogP contribution in [0.5, 0.6) is 5.75 Å². The fourth-order valence-corrected chi connectivity index (χ4v) is 1.45. The van der Waals surface area contributed by atoms with Crippen molar-refractivity contribution in [1.82, 2.24) is 0 Å². The number of benzene rings is 1. The minimum absolute atomic E-state index is 0.459. The fraction of sp³-hybridized carbons (Fsp3) is 0.182. The maximum absolute atomic E-state index is 8.61. The molecule has 2 nitrogen and oxygen atoms in total. The van der Waals surface area contributed by atoms with E-state index in [1.54, 1.807) is 0 Å². The Morgan fingerprint density at radius 1 is 1.38 bits per heavy atom. The number of nitrogens with zero attached hydrogens (tertiary/aromatic N) is 1. The molecule has 0 aromatic heterocycles. The first-order valence-electron chi connectivity index (χ1n) is 4.20. The van der Waals surface area contributed by atoms with E-state index in [2.05, 4.69) is 6.07 Å². The molecule has 2 heteroatoms. The van der Waals surface area contributed by atoms with Gasteiger partial charge in [0.2, 0.25) is 0 Å². The van der Waals surface area contributed by atoms with Gasteiger partial charge in [-0.15, -0.1) is 0 Å². The fourth-order valence-electron chi connectivity index (χ4n) is 1.45. The van der Waals surface area contributed by atoms with Crippen molar-refractivity contribution in [2.24, 2.45) is 0 Å². The average Bonchev–Trinajstić information content (AvgIpc) is 2.19. The van der Waals surface area contributed by atoms with Crippen LogP contribution in [-0.2, 0) is 0 Å². The minimum atomic E-state index is 0.459. The van der Waals surface area contributed by atoms with Crippen LogP contribution in [0.4, 0.5) is 0 Å². The van der Waals surface area contributed by atoms with Crippen molar-refractivity contribution in [2.75, 3.05) is 6.61 Å². The number of rotatable bonds is 1. The van der Waals surface area contributed by atoms with Crippen LogP contribution < -0.4 is 4.74 Å². The summed E-state index contributed by atoms with van der Waals surface area (Å²) in [5.41, 5.74) is 2.12. The van der Waals surface area contributed by atoms with Crippen LogP contribution in [0.1, 0.15) is 12.0 Å². The lowest BCUT2D eigenvalue weighted by Gasteiger charge is -2.16. The first-order chi connectivity index (χ1) is 6.42. The van der Waals surface area contributed by atoms with Crippen LogP contribution >= 0.6 is 0 Å². The molecule has 0 N–H and O–H groups in total. The van der Waals surface area contributed by atoms with Crippen LogP contribution in [0.25, 0.3) is 5.57 Å². The second kappa shape index (κ2) is 3.32. The molecule has 64 valence electrons. The number of nitriles is 1. The van der Waals surface area contributed by atoms with Crippen LogP contribution in [0, 0.1) is 11.3 Å². The monoisotopic (exact) mass is 171 g/mol. The summed E-state index contributed by atoms with van der Waals surface area (Å²) in [5.74, 6) is 0.884. The number of ether oxygens (including phenoxy) is 1. The molecule has 0 saturated heterocycles. The third-order valence-electron chi connectivity index (χ3n) is 2.07. The molecule has 0 atom stereocenters. The second-order valence-corrected chi connectivity index (χ2v) is 2.87. The van der Waals surface area contributed by atoms with Gasteiger partial charge in [-0.05, 0) is 17.7 Å². The lowest BCUT2D eigenvalue weighted by atomic mass is 10.0. The smallest absolute Gasteiger partial charge is 0.127 e. The summed E-state index contributed by atoms with van der Waals surface area (Å²) in [7, 11) is 0. The molecule has 1 heterocycles. The Balaban J connectivity index is 2.42. The highest BCUT2D eigenvalue weighted by molar-refractivity contribution is 5.73. The maximum Gasteiger partial charge on any atom is 0.127 e. The van der Waals surface area contributed by atoms with Gasteiger partial charge in [-0.3, -0.25) is 0 Å². The number of hydrogen-bond acceptors (Lipinski definition) is 2. The van der Waals surface area contributed by atoms with Gasteiger partial charge in [-0.1, -0.05) is 18.2 Å². The highest BCUT2D eigenvalue weighted by Crippen LogP contribution is 2.30. The zero-order valence-electron chi connectivity index (χ0n) is 7.16. The molecule has 13 heavy (non-hydrogen) atoms. The summed E-state index contributed by atoms with van der Waals surface area (Å²) in [6, 6.07) is 9.96. The zero-order valence-corrected chi connectivity index (χ0v) is 7.16. The quantitative estimate of drug-likeness (QED) is 0.649. The van der Waals surface area contributed by atoms with Gasteiger partial charge < -0.3 is 4.74 Å². The van der Waals surface area contributed by atoms with E-state index in [0.29, 0.717) is 13.0 Å². The van der Waals surface area contributed by atoms with E-state index >= 15 is 0 Å². The van der Waals surface area contributed by atoms with Crippen LogP contribution in [0.15, 0.2) is 30.3 Å². The van der Waals surface area contributed by atoms with Crippen LogP contribution in [0.2, 0.25) is 0 Å².